The van der Waals surface area contributed by atoms with E-state index in [1.165, 1.54) is 24.7 Å². The molecule has 0 amide bonds. The normalized spacial score (nSPS) is 11.0. The molecule has 0 fully saturated rings. The molecule has 0 aromatic carbocycles. The van der Waals surface area contributed by atoms with E-state index in [2.05, 4.69) is 26.5 Å². The first-order valence-electron chi connectivity index (χ1n) is 5.97. The summed E-state index contributed by atoms with van der Waals surface area (Å²) in [4.78, 5) is 7.71. The molecule has 0 saturated carbocycles. The van der Waals surface area contributed by atoms with Crippen LogP contribution in [0, 0.1) is 18.8 Å². The molecule has 0 spiro atoms. The zero-order valence-electron chi connectivity index (χ0n) is 11.2. The van der Waals surface area contributed by atoms with Gasteiger partial charge >= 0.3 is 0 Å². The van der Waals surface area contributed by atoms with Crippen LogP contribution in [0.25, 0.3) is 0 Å². The predicted molar refractivity (Wildman–Crippen MR) is 73.5 cm³/mol. The van der Waals surface area contributed by atoms with Crippen LogP contribution in [-0.2, 0) is 16.6 Å². The second kappa shape index (κ2) is 6.49. The number of aryl methyl sites for hydroxylation is 1. The smallest absolute Gasteiger partial charge is 0.242 e. The second-order valence-corrected chi connectivity index (χ2v) is 5.83. The molecule has 2 rings (SSSR count). The number of aliphatic hydroxyl groups is 1. The zero-order chi connectivity index (χ0) is 15.3. The Balaban J connectivity index is 2.15. The molecule has 0 aliphatic heterocycles. The summed E-state index contributed by atoms with van der Waals surface area (Å²) in [7, 11) is -3.74. The molecule has 7 nitrogen and oxygen atoms in total. The summed E-state index contributed by atoms with van der Waals surface area (Å²) >= 11 is 0. The highest BCUT2D eigenvalue weighted by Crippen LogP contribution is 2.10. The Kier molecular flexibility index (Phi) is 4.70. The monoisotopic (exact) mass is 307 g/mol. The maximum absolute atomic E-state index is 12.1. The lowest BCUT2D eigenvalue weighted by atomic mass is 10.3. The minimum atomic E-state index is -3.74. The molecule has 0 aliphatic carbocycles. The van der Waals surface area contributed by atoms with Crippen LogP contribution in [0.3, 0.4) is 0 Å². The van der Waals surface area contributed by atoms with E-state index in [1.807, 2.05) is 0 Å². The molecule has 0 aliphatic rings. The van der Waals surface area contributed by atoms with Crippen molar-refractivity contribution < 1.29 is 17.9 Å². The van der Waals surface area contributed by atoms with Gasteiger partial charge in [0, 0.05) is 18.0 Å². The van der Waals surface area contributed by atoms with Crippen LogP contribution >= 0.6 is 0 Å². The lowest BCUT2D eigenvalue weighted by molar-refractivity contribution is 0.350. The maximum Gasteiger partial charge on any atom is 0.242 e. The number of hydrogen-bond acceptors (Lipinski definition) is 6. The van der Waals surface area contributed by atoms with Crippen molar-refractivity contribution in [3.05, 3.63) is 41.9 Å². The molecular weight excluding hydrogens is 294 g/mol. The Morgan fingerprint density at radius 1 is 1.38 bits per heavy atom. The Hall–Kier alpha value is -2.21. The Morgan fingerprint density at radius 3 is 2.86 bits per heavy atom. The summed E-state index contributed by atoms with van der Waals surface area (Å²) < 4.78 is 31.8. The van der Waals surface area contributed by atoms with Crippen LogP contribution in [0.4, 0.5) is 0 Å². The van der Waals surface area contributed by atoms with E-state index in [1.54, 1.807) is 6.92 Å². The molecule has 110 valence electrons. The Morgan fingerprint density at radius 2 is 2.19 bits per heavy atom. The van der Waals surface area contributed by atoms with E-state index >= 15 is 0 Å². The van der Waals surface area contributed by atoms with Crippen LogP contribution in [0.2, 0.25) is 0 Å². The summed E-state index contributed by atoms with van der Waals surface area (Å²) in [6, 6.07) is 1.37. The molecule has 2 N–H and O–H groups in total. The van der Waals surface area contributed by atoms with Gasteiger partial charge in [0.15, 0.2) is 0 Å². The highest BCUT2D eigenvalue weighted by molar-refractivity contribution is 7.89. The maximum atomic E-state index is 12.1. The summed E-state index contributed by atoms with van der Waals surface area (Å²) in [6.45, 7) is 1.36. The molecular formula is C13H13N3O4S. The molecule has 0 bridgehead atoms. The quantitative estimate of drug-likeness (QED) is 0.782. The SMILES string of the molecule is Cc1cnc(CNS(=O)(=O)c2cncc(C#CCO)c2)o1. The number of aromatic nitrogens is 2. The van der Waals surface area contributed by atoms with E-state index in [0.717, 1.165) is 0 Å². The average Bonchev–Trinajstić information content (AvgIpc) is 2.89. The van der Waals surface area contributed by atoms with E-state index in [0.29, 0.717) is 11.3 Å². The number of nitrogens with zero attached hydrogens (tertiary/aromatic N) is 2. The molecule has 0 radical (unpaired) electrons. The van der Waals surface area contributed by atoms with Crippen molar-refractivity contribution in [3.8, 4) is 11.8 Å². The average molecular weight is 307 g/mol. The number of rotatable bonds is 4. The standard InChI is InChI=1S/C13H13N3O4S/c1-10-6-15-13(20-10)9-16-21(18,19)12-5-11(3-2-4-17)7-14-8-12/h5-8,16-17H,4,9H2,1H3. The third-order valence-electron chi connectivity index (χ3n) is 2.42. The van der Waals surface area contributed by atoms with Gasteiger partial charge < -0.3 is 9.52 Å². The molecule has 0 atom stereocenters. The Labute approximate surface area is 122 Å². The third kappa shape index (κ3) is 4.13. The fraction of sp³-hybridized carbons (Fsp3) is 0.231. The van der Waals surface area contributed by atoms with Crippen molar-refractivity contribution in [1.82, 2.24) is 14.7 Å². The minimum absolute atomic E-state index is 0.0180. The zero-order valence-corrected chi connectivity index (χ0v) is 12.0. The molecule has 2 heterocycles. The van der Waals surface area contributed by atoms with Gasteiger partial charge in [-0.1, -0.05) is 11.8 Å². The predicted octanol–water partition coefficient (Wildman–Crippen LogP) is 0.200. The van der Waals surface area contributed by atoms with Gasteiger partial charge in [0.25, 0.3) is 0 Å². The van der Waals surface area contributed by atoms with Gasteiger partial charge in [-0.25, -0.2) is 18.1 Å². The van der Waals surface area contributed by atoms with Gasteiger partial charge in [-0.05, 0) is 13.0 Å². The van der Waals surface area contributed by atoms with Crippen molar-refractivity contribution in [2.24, 2.45) is 0 Å². The van der Waals surface area contributed by atoms with Gasteiger partial charge in [0.05, 0.1) is 12.7 Å². The van der Waals surface area contributed by atoms with Crippen LogP contribution < -0.4 is 4.72 Å². The van der Waals surface area contributed by atoms with E-state index in [9.17, 15) is 8.42 Å². The highest BCUT2D eigenvalue weighted by Gasteiger charge is 2.15. The number of oxazole rings is 1. The van der Waals surface area contributed by atoms with Crippen molar-refractivity contribution in [1.29, 1.82) is 0 Å². The minimum Gasteiger partial charge on any atom is -0.445 e. The lowest BCUT2D eigenvalue weighted by Gasteiger charge is -2.04. The van der Waals surface area contributed by atoms with Crippen LogP contribution in [-0.4, -0.2) is 30.1 Å². The highest BCUT2D eigenvalue weighted by atomic mass is 32.2. The van der Waals surface area contributed by atoms with Crippen LogP contribution in [0.1, 0.15) is 17.2 Å². The van der Waals surface area contributed by atoms with Crippen molar-refractivity contribution in [3.63, 3.8) is 0 Å². The lowest BCUT2D eigenvalue weighted by Crippen LogP contribution is -2.23. The molecule has 2 aromatic rings. The summed E-state index contributed by atoms with van der Waals surface area (Å²) in [6.07, 6.45) is 4.14. The second-order valence-electron chi connectivity index (χ2n) is 4.06. The van der Waals surface area contributed by atoms with Crippen molar-refractivity contribution >= 4 is 10.0 Å². The molecule has 0 saturated heterocycles. The van der Waals surface area contributed by atoms with Crippen LogP contribution in [0.15, 0.2) is 34.0 Å². The van der Waals surface area contributed by atoms with Gasteiger partial charge in [0.2, 0.25) is 15.9 Å². The number of pyridine rings is 1. The summed E-state index contributed by atoms with van der Waals surface area (Å²) in [5.74, 6) is 5.91. The van der Waals surface area contributed by atoms with Gasteiger partial charge in [-0.2, -0.15) is 0 Å². The van der Waals surface area contributed by atoms with Crippen LogP contribution in [0.5, 0.6) is 0 Å². The van der Waals surface area contributed by atoms with E-state index in [-0.39, 0.29) is 23.9 Å². The molecule has 8 heteroatoms. The number of aliphatic hydroxyl groups excluding tert-OH is 1. The summed E-state index contributed by atoms with van der Waals surface area (Å²) in [5.41, 5.74) is 0.402. The van der Waals surface area contributed by atoms with E-state index in [4.69, 9.17) is 9.52 Å². The number of hydrogen-bond donors (Lipinski definition) is 2. The first kappa shape index (κ1) is 15.2. The molecule has 2 aromatic heterocycles. The van der Waals surface area contributed by atoms with Gasteiger partial charge in [-0.3, -0.25) is 4.98 Å². The third-order valence-corrected chi connectivity index (χ3v) is 3.79. The fourth-order valence-corrected chi connectivity index (χ4v) is 2.46. The first-order valence-corrected chi connectivity index (χ1v) is 7.45. The fourth-order valence-electron chi connectivity index (χ4n) is 1.50. The Bertz CT molecular complexity index is 787. The molecule has 0 unspecified atom stereocenters. The van der Waals surface area contributed by atoms with Crippen molar-refractivity contribution in [2.45, 2.75) is 18.4 Å². The number of sulfonamides is 1. The van der Waals surface area contributed by atoms with Gasteiger partial charge in [0.1, 0.15) is 17.3 Å². The topological polar surface area (TPSA) is 105 Å². The molecule has 21 heavy (non-hydrogen) atoms. The largest absolute Gasteiger partial charge is 0.445 e. The first-order chi connectivity index (χ1) is 10.0. The van der Waals surface area contributed by atoms with Gasteiger partial charge in [-0.15, -0.1) is 0 Å². The van der Waals surface area contributed by atoms with Crippen molar-refractivity contribution in [2.75, 3.05) is 6.61 Å². The summed E-state index contributed by atoms with van der Waals surface area (Å²) in [5, 5.41) is 8.63. The number of nitrogens with one attached hydrogen (secondary N) is 1. The van der Waals surface area contributed by atoms with E-state index < -0.39 is 10.0 Å².